The summed E-state index contributed by atoms with van der Waals surface area (Å²) in [6, 6.07) is 13.1. The van der Waals surface area contributed by atoms with E-state index in [-0.39, 0.29) is 31.6 Å². The number of hydrogen-bond donors (Lipinski definition) is 1. The quantitative estimate of drug-likeness (QED) is 0.369. The van der Waals surface area contributed by atoms with Crippen molar-refractivity contribution in [3.63, 3.8) is 0 Å². The van der Waals surface area contributed by atoms with E-state index in [1.54, 1.807) is 25.3 Å². The Bertz CT molecular complexity index is 1120. The van der Waals surface area contributed by atoms with Crippen LogP contribution >= 0.6 is 0 Å². The van der Waals surface area contributed by atoms with Gasteiger partial charge in [0.2, 0.25) is 12.7 Å². The Balaban J connectivity index is 1.43. The third-order valence-corrected chi connectivity index (χ3v) is 4.62. The minimum atomic E-state index is -0.307. The number of hydrazone groups is 1. The number of hydrogen-bond acceptors (Lipinski definition) is 6. The van der Waals surface area contributed by atoms with Crippen molar-refractivity contribution >= 4 is 29.0 Å². The summed E-state index contributed by atoms with van der Waals surface area (Å²) < 4.78 is 17.4. The van der Waals surface area contributed by atoms with E-state index in [1.807, 2.05) is 41.1 Å². The van der Waals surface area contributed by atoms with Gasteiger partial charge < -0.3 is 18.8 Å². The van der Waals surface area contributed by atoms with Gasteiger partial charge >= 0.3 is 5.97 Å². The number of carbonyl (C=O) groups excluding carboxylic acids is 2. The second kappa shape index (κ2) is 8.69. The molecule has 154 valence electrons. The van der Waals surface area contributed by atoms with E-state index < -0.39 is 0 Å². The Labute approximate surface area is 173 Å². The zero-order valence-electron chi connectivity index (χ0n) is 16.5. The van der Waals surface area contributed by atoms with Crippen LogP contribution in [0.1, 0.15) is 18.1 Å². The third-order valence-electron chi connectivity index (χ3n) is 4.62. The fourth-order valence-electron chi connectivity index (χ4n) is 3.30. The zero-order chi connectivity index (χ0) is 20.9. The maximum atomic E-state index is 12.2. The first kappa shape index (κ1) is 19.5. The zero-order valence-corrected chi connectivity index (χ0v) is 16.5. The van der Waals surface area contributed by atoms with Crippen LogP contribution < -0.4 is 14.9 Å². The van der Waals surface area contributed by atoms with Crippen LogP contribution in [0.2, 0.25) is 0 Å². The van der Waals surface area contributed by atoms with Crippen molar-refractivity contribution in [1.82, 2.24) is 9.99 Å². The summed E-state index contributed by atoms with van der Waals surface area (Å²) in [4.78, 5) is 24.1. The Morgan fingerprint density at radius 2 is 2.03 bits per heavy atom. The number of aromatic nitrogens is 1. The van der Waals surface area contributed by atoms with Gasteiger partial charge in [0.15, 0.2) is 11.5 Å². The highest BCUT2D eigenvalue weighted by molar-refractivity contribution is 6.00. The lowest BCUT2D eigenvalue weighted by atomic mass is 10.1. The molecule has 1 aliphatic rings. The highest BCUT2D eigenvalue weighted by atomic mass is 16.7. The molecule has 0 bridgehead atoms. The van der Waals surface area contributed by atoms with Gasteiger partial charge in [-0.2, -0.15) is 5.10 Å². The van der Waals surface area contributed by atoms with Gasteiger partial charge in [0.25, 0.3) is 0 Å². The fraction of sp³-hybridized carbons (Fsp3) is 0.227. The van der Waals surface area contributed by atoms with Crippen LogP contribution in [0.25, 0.3) is 10.9 Å². The van der Waals surface area contributed by atoms with Gasteiger partial charge in [-0.05, 0) is 30.7 Å². The number of nitrogens with one attached hydrogen (secondary N) is 1. The Kier molecular flexibility index (Phi) is 5.65. The third kappa shape index (κ3) is 4.27. The van der Waals surface area contributed by atoms with Gasteiger partial charge in [-0.25, -0.2) is 5.43 Å². The van der Waals surface area contributed by atoms with Crippen LogP contribution in [0.15, 0.2) is 53.8 Å². The molecule has 0 fully saturated rings. The normalized spacial score (nSPS) is 12.4. The lowest BCUT2D eigenvalue weighted by Crippen LogP contribution is -2.19. The van der Waals surface area contributed by atoms with Gasteiger partial charge in [0, 0.05) is 22.7 Å². The van der Waals surface area contributed by atoms with E-state index in [1.165, 1.54) is 0 Å². The molecular formula is C22H21N3O5. The SMILES string of the molecule is CCOC(=O)Cn1cc(/C=N\NC(=O)Cc2ccc3c(c2)OCO3)c2ccccc21. The molecule has 1 aromatic heterocycles. The minimum absolute atomic E-state index is 0.110. The van der Waals surface area contributed by atoms with Crippen LogP contribution in [0, 0.1) is 0 Å². The monoisotopic (exact) mass is 407 g/mol. The molecule has 1 aliphatic heterocycles. The first-order valence-corrected chi connectivity index (χ1v) is 9.58. The molecule has 0 spiro atoms. The maximum absolute atomic E-state index is 12.2. The summed E-state index contributed by atoms with van der Waals surface area (Å²) in [6.07, 6.45) is 3.55. The van der Waals surface area contributed by atoms with Gasteiger partial charge in [-0.3, -0.25) is 9.59 Å². The lowest BCUT2D eigenvalue weighted by Gasteiger charge is -2.04. The van der Waals surface area contributed by atoms with E-state index in [0.29, 0.717) is 18.1 Å². The summed E-state index contributed by atoms with van der Waals surface area (Å²) in [5.41, 5.74) is 5.02. The molecule has 2 aromatic carbocycles. The van der Waals surface area contributed by atoms with Crippen LogP contribution in [0.3, 0.4) is 0 Å². The molecule has 0 saturated carbocycles. The number of fused-ring (bicyclic) bond motifs is 2. The van der Waals surface area contributed by atoms with Crippen molar-refractivity contribution in [3.05, 3.63) is 59.8 Å². The van der Waals surface area contributed by atoms with Crippen LogP contribution in [0.5, 0.6) is 11.5 Å². The molecular weight excluding hydrogens is 386 g/mol. The predicted molar refractivity (Wildman–Crippen MR) is 111 cm³/mol. The molecule has 1 amide bonds. The smallest absolute Gasteiger partial charge is 0.325 e. The maximum Gasteiger partial charge on any atom is 0.325 e. The number of carbonyl (C=O) groups is 2. The second-order valence-electron chi connectivity index (χ2n) is 6.69. The average Bonchev–Trinajstić information content (AvgIpc) is 3.33. The van der Waals surface area contributed by atoms with E-state index in [9.17, 15) is 9.59 Å². The van der Waals surface area contributed by atoms with Crippen molar-refractivity contribution in [2.45, 2.75) is 19.9 Å². The topological polar surface area (TPSA) is 91.2 Å². The lowest BCUT2D eigenvalue weighted by molar-refractivity contribution is -0.143. The summed E-state index contributed by atoms with van der Waals surface area (Å²) in [5.74, 6) is 0.758. The molecule has 0 saturated heterocycles. The van der Waals surface area contributed by atoms with Crippen molar-refractivity contribution < 1.29 is 23.8 Å². The molecule has 0 aliphatic carbocycles. The Morgan fingerprint density at radius 1 is 1.20 bits per heavy atom. The molecule has 0 radical (unpaired) electrons. The number of ether oxygens (including phenoxy) is 3. The predicted octanol–water partition coefficient (Wildman–Crippen LogP) is 2.63. The number of amides is 1. The fourth-order valence-corrected chi connectivity index (χ4v) is 3.30. The van der Waals surface area contributed by atoms with Crippen molar-refractivity contribution in [2.75, 3.05) is 13.4 Å². The molecule has 2 heterocycles. The molecule has 8 heteroatoms. The van der Waals surface area contributed by atoms with Crippen molar-refractivity contribution in [1.29, 1.82) is 0 Å². The Hall–Kier alpha value is -3.81. The number of nitrogens with zero attached hydrogens (tertiary/aromatic N) is 2. The second-order valence-corrected chi connectivity index (χ2v) is 6.69. The standard InChI is InChI=1S/C22H21N3O5/c1-2-28-22(27)13-25-12-16(17-5-3-4-6-18(17)25)11-23-24-21(26)10-15-7-8-19-20(9-15)30-14-29-19/h3-9,11-12H,2,10,13-14H2,1H3,(H,24,26)/b23-11-. The summed E-state index contributed by atoms with van der Waals surface area (Å²) in [5, 5.41) is 5.01. The number of benzene rings is 2. The van der Waals surface area contributed by atoms with Crippen molar-refractivity contribution in [2.24, 2.45) is 5.10 Å². The number of esters is 1. The minimum Gasteiger partial charge on any atom is -0.465 e. The molecule has 4 rings (SSSR count). The Morgan fingerprint density at radius 3 is 2.90 bits per heavy atom. The molecule has 1 N–H and O–H groups in total. The number of rotatable bonds is 7. The first-order chi connectivity index (χ1) is 14.6. The average molecular weight is 407 g/mol. The highest BCUT2D eigenvalue weighted by Gasteiger charge is 2.14. The summed E-state index contributed by atoms with van der Waals surface area (Å²) in [6.45, 7) is 2.41. The van der Waals surface area contributed by atoms with Gasteiger partial charge in [0.05, 0.1) is 19.2 Å². The van der Waals surface area contributed by atoms with Gasteiger partial charge in [-0.1, -0.05) is 24.3 Å². The molecule has 8 nitrogen and oxygen atoms in total. The summed E-state index contributed by atoms with van der Waals surface area (Å²) in [7, 11) is 0. The molecule has 3 aromatic rings. The van der Waals surface area contributed by atoms with E-state index >= 15 is 0 Å². The molecule has 0 atom stereocenters. The highest BCUT2D eigenvalue weighted by Crippen LogP contribution is 2.32. The van der Waals surface area contributed by atoms with Crippen LogP contribution in [-0.4, -0.2) is 36.1 Å². The van der Waals surface area contributed by atoms with Crippen molar-refractivity contribution in [3.8, 4) is 11.5 Å². The van der Waals surface area contributed by atoms with E-state index in [0.717, 1.165) is 22.0 Å². The molecule has 0 unspecified atom stereocenters. The van der Waals surface area contributed by atoms with E-state index in [2.05, 4.69) is 10.5 Å². The van der Waals surface area contributed by atoms with E-state index in [4.69, 9.17) is 14.2 Å². The van der Waals surface area contributed by atoms with Crippen LogP contribution in [-0.2, 0) is 27.3 Å². The van der Waals surface area contributed by atoms with Gasteiger partial charge in [-0.15, -0.1) is 0 Å². The largest absolute Gasteiger partial charge is 0.465 e. The summed E-state index contributed by atoms with van der Waals surface area (Å²) >= 11 is 0. The first-order valence-electron chi connectivity index (χ1n) is 9.58. The molecule has 30 heavy (non-hydrogen) atoms. The van der Waals surface area contributed by atoms with Gasteiger partial charge in [0.1, 0.15) is 6.54 Å². The number of para-hydroxylation sites is 1. The van der Waals surface area contributed by atoms with Crippen LogP contribution in [0.4, 0.5) is 0 Å².